The quantitative estimate of drug-likeness (QED) is 0.765. The molecule has 0 bridgehead atoms. The number of nitrogens with one attached hydrogen (secondary N) is 1. The molecule has 1 aromatic carbocycles. The molecule has 16 heavy (non-hydrogen) atoms. The molecule has 0 spiro atoms. The molecule has 2 nitrogen and oxygen atoms in total. The van der Waals surface area contributed by atoms with Crippen LogP contribution in [0, 0.1) is 5.92 Å². The molecule has 1 fully saturated rings. The van der Waals surface area contributed by atoms with Crippen LogP contribution in [0.4, 0.5) is 0 Å². The SMILES string of the molecule is C[C@@H](NCl)c1cccc(OCCC2CC2)c1. The summed E-state index contributed by atoms with van der Waals surface area (Å²) in [6.07, 6.45) is 3.96. The molecule has 1 aliphatic rings. The van der Waals surface area contributed by atoms with Crippen LogP contribution < -0.4 is 9.57 Å². The third-order valence-corrected chi connectivity index (χ3v) is 3.34. The zero-order valence-electron chi connectivity index (χ0n) is 9.58. The Kier molecular flexibility index (Phi) is 4.08. The predicted octanol–water partition coefficient (Wildman–Crippen LogP) is 3.67. The smallest absolute Gasteiger partial charge is 0.119 e. The van der Waals surface area contributed by atoms with E-state index in [-0.39, 0.29) is 6.04 Å². The zero-order valence-corrected chi connectivity index (χ0v) is 10.3. The van der Waals surface area contributed by atoms with E-state index >= 15 is 0 Å². The van der Waals surface area contributed by atoms with Gasteiger partial charge in [0.05, 0.1) is 6.61 Å². The van der Waals surface area contributed by atoms with Gasteiger partial charge in [-0.05, 0) is 48.7 Å². The Hall–Kier alpha value is -0.730. The lowest BCUT2D eigenvalue weighted by Crippen LogP contribution is -2.07. The standard InChI is InChI=1S/C13H18ClNO/c1-10(15-14)12-3-2-4-13(9-12)16-8-7-11-5-6-11/h2-4,9-11,15H,5-8H2,1H3/t10-/m1/s1. The van der Waals surface area contributed by atoms with Gasteiger partial charge in [-0.2, -0.15) is 0 Å². The summed E-state index contributed by atoms with van der Waals surface area (Å²) in [5.74, 6) is 1.86. The largest absolute Gasteiger partial charge is 0.494 e. The lowest BCUT2D eigenvalue weighted by Gasteiger charge is -2.11. The molecule has 0 radical (unpaired) electrons. The van der Waals surface area contributed by atoms with Crippen molar-refractivity contribution < 1.29 is 4.74 Å². The minimum Gasteiger partial charge on any atom is -0.494 e. The molecule has 1 atom stereocenters. The molecule has 3 heteroatoms. The van der Waals surface area contributed by atoms with Crippen molar-refractivity contribution in [1.29, 1.82) is 0 Å². The summed E-state index contributed by atoms with van der Waals surface area (Å²) in [6.45, 7) is 2.85. The Morgan fingerprint density at radius 1 is 1.50 bits per heavy atom. The van der Waals surface area contributed by atoms with Crippen LogP contribution in [0.15, 0.2) is 24.3 Å². The van der Waals surface area contributed by atoms with Crippen LogP contribution in [0.1, 0.15) is 37.8 Å². The van der Waals surface area contributed by atoms with E-state index in [0.29, 0.717) is 0 Å². The number of rotatable bonds is 6. The van der Waals surface area contributed by atoms with Crippen molar-refractivity contribution in [1.82, 2.24) is 4.84 Å². The summed E-state index contributed by atoms with van der Waals surface area (Å²) >= 11 is 5.60. The summed E-state index contributed by atoms with van der Waals surface area (Å²) < 4.78 is 5.72. The highest BCUT2D eigenvalue weighted by Crippen LogP contribution is 2.32. The average Bonchev–Trinajstić information content (AvgIpc) is 3.12. The lowest BCUT2D eigenvalue weighted by molar-refractivity contribution is 0.302. The summed E-state index contributed by atoms with van der Waals surface area (Å²) in [4.78, 5) is 2.71. The Balaban J connectivity index is 1.87. The summed E-state index contributed by atoms with van der Waals surface area (Å²) in [5.41, 5.74) is 1.15. The van der Waals surface area contributed by atoms with Gasteiger partial charge in [-0.1, -0.05) is 25.0 Å². The first-order valence-corrected chi connectivity index (χ1v) is 6.26. The van der Waals surface area contributed by atoms with Gasteiger partial charge in [0.15, 0.2) is 0 Å². The number of ether oxygens (including phenoxy) is 1. The molecule has 0 amide bonds. The topological polar surface area (TPSA) is 21.3 Å². The van der Waals surface area contributed by atoms with Crippen LogP contribution in [-0.4, -0.2) is 6.61 Å². The second-order valence-electron chi connectivity index (χ2n) is 4.48. The van der Waals surface area contributed by atoms with Crippen molar-refractivity contribution in [3.8, 4) is 5.75 Å². The van der Waals surface area contributed by atoms with Crippen molar-refractivity contribution in [3.05, 3.63) is 29.8 Å². The normalized spacial score (nSPS) is 17.1. The monoisotopic (exact) mass is 239 g/mol. The molecule has 0 saturated heterocycles. The molecule has 2 rings (SSSR count). The zero-order chi connectivity index (χ0) is 11.4. The third kappa shape index (κ3) is 3.39. The molecular formula is C13H18ClNO. The summed E-state index contributed by atoms with van der Waals surface area (Å²) in [6, 6.07) is 8.25. The highest BCUT2D eigenvalue weighted by molar-refractivity contribution is 6.13. The fourth-order valence-corrected chi connectivity index (χ4v) is 1.81. The number of benzene rings is 1. The molecule has 1 aliphatic carbocycles. The van der Waals surface area contributed by atoms with Crippen molar-refractivity contribution >= 4 is 11.8 Å². The fourth-order valence-electron chi connectivity index (χ4n) is 1.69. The van der Waals surface area contributed by atoms with Crippen molar-refractivity contribution in [2.45, 2.75) is 32.2 Å². The molecule has 1 saturated carbocycles. The van der Waals surface area contributed by atoms with Crippen molar-refractivity contribution in [2.75, 3.05) is 6.61 Å². The van der Waals surface area contributed by atoms with E-state index in [1.54, 1.807) is 0 Å². The van der Waals surface area contributed by atoms with E-state index in [2.05, 4.69) is 4.84 Å². The van der Waals surface area contributed by atoms with Crippen LogP contribution in [-0.2, 0) is 0 Å². The Bertz CT molecular complexity index is 338. The first-order valence-electron chi connectivity index (χ1n) is 5.88. The maximum atomic E-state index is 5.72. The van der Waals surface area contributed by atoms with Gasteiger partial charge in [0.1, 0.15) is 5.75 Å². The van der Waals surface area contributed by atoms with Gasteiger partial charge in [-0.15, -0.1) is 0 Å². The average molecular weight is 240 g/mol. The van der Waals surface area contributed by atoms with Gasteiger partial charge in [0, 0.05) is 6.04 Å². The van der Waals surface area contributed by atoms with Gasteiger partial charge >= 0.3 is 0 Å². The van der Waals surface area contributed by atoms with Crippen LogP contribution in [0.5, 0.6) is 5.75 Å². The molecule has 1 N–H and O–H groups in total. The van der Waals surface area contributed by atoms with Crippen molar-refractivity contribution in [3.63, 3.8) is 0 Å². The minimum absolute atomic E-state index is 0.147. The van der Waals surface area contributed by atoms with Gasteiger partial charge in [0.25, 0.3) is 0 Å². The maximum Gasteiger partial charge on any atom is 0.119 e. The lowest BCUT2D eigenvalue weighted by atomic mass is 10.1. The molecule has 88 valence electrons. The minimum atomic E-state index is 0.147. The van der Waals surface area contributed by atoms with Crippen LogP contribution in [0.2, 0.25) is 0 Å². The van der Waals surface area contributed by atoms with Gasteiger partial charge in [-0.3, -0.25) is 0 Å². The third-order valence-electron chi connectivity index (χ3n) is 3.01. The Morgan fingerprint density at radius 2 is 2.31 bits per heavy atom. The van der Waals surface area contributed by atoms with E-state index in [0.717, 1.165) is 23.8 Å². The van der Waals surface area contributed by atoms with Crippen molar-refractivity contribution in [2.24, 2.45) is 5.92 Å². The molecule has 1 aromatic rings. The summed E-state index contributed by atoms with van der Waals surface area (Å²) in [5, 5.41) is 0. The van der Waals surface area contributed by atoms with Crippen LogP contribution in [0.3, 0.4) is 0 Å². The molecule has 0 unspecified atom stereocenters. The van der Waals surface area contributed by atoms with E-state index in [1.807, 2.05) is 31.2 Å². The van der Waals surface area contributed by atoms with Gasteiger partial charge < -0.3 is 4.74 Å². The number of halogens is 1. The Morgan fingerprint density at radius 3 is 3.00 bits per heavy atom. The fraction of sp³-hybridized carbons (Fsp3) is 0.538. The van der Waals surface area contributed by atoms with Crippen LogP contribution in [0.25, 0.3) is 0 Å². The predicted molar refractivity (Wildman–Crippen MR) is 66.7 cm³/mol. The Labute approximate surface area is 102 Å². The van der Waals surface area contributed by atoms with E-state index in [9.17, 15) is 0 Å². The van der Waals surface area contributed by atoms with E-state index in [4.69, 9.17) is 16.5 Å². The number of hydrogen-bond donors (Lipinski definition) is 1. The molecule has 0 aromatic heterocycles. The molecular weight excluding hydrogens is 222 g/mol. The van der Waals surface area contributed by atoms with Crippen LogP contribution >= 0.6 is 11.8 Å². The second-order valence-corrected chi connectivity index (χ2v) is 4.70. The molecule has 0 aliphatic heterocycles. The number of hydrogen-bond acceptors (Lipinski definition) is 2. The second kappa shape index (κ2) is 5.55. The maximum absolute atomic E-state index is 5.72. The first-order chi connectivity index (χ1) is 7.79. The highest BCUT2D eigenvalue weighted by atomic mass is 35.5. The van der Waals surface area contributed by atoms with Gasteiger partial charge in [0.2, 0.25) is 0 Å². The first kappa shape index (κ1) is 11.7. The summed E-state index contributed by atoms with van der Waals surface area (Å²) in [7, 11) is 0. The highest BCUT2D eigenvalue weighted by Gasteiger charge is 2.20. The molecule has 0 heterocycles. The van der Waals surface area contributed by atoms with E-state index in [1.165, 1.54) is 19.3 Å². The van der Waals surface area contributed by atoms with Gasteiger partial charge in [-0.25, -0.2) is 4.84 Å². The van der Waals surface area contributed by atoms with E-state index < -0.39 is 0 Å².